The van der Waals surface area contributed by atoms with Crippen molar-refractivity contribution in [1.82, 2.24) is 10.2 Å². The molecule has 0 aliphatic rings. The van der Waals surface area contributed by atoms with Gasteiger partial charge in [-0.2, -0.15) is 10.2 Å². The van der Waals surface area contributed by atoms with Crippen molar-refractivity contribution in [1.29, 1.82) is 0 Å². The Morgan fingerprint density at radius 3 is 2.44 bits per heavy atom. The van der Waals surface area contributed by atoms with Crippen molar-refractivity contribution in [2.24, 2.45) is 0 Å². The van der Waals surface area contributed by atoms with Gasteiger partial charge in [0, 0.05) is 11.6 Å². The fraction of sp³-hybridized carbons (Fsp3) is 0.154. The van der Waals surface area contributed by atoms with Gasteiger partial charge in [-0.1, -0.05) is 0 Å². The second kappa shape index (κ2) is 4.60. The summed E-state index contributed by atoms with van der Waals surface area (Å²) in [6.45, 7) is 3.30. The molecule has 0 spiro atoms. The lowest BCUT2D eigenvalue weighted by Crippen LogP contribution is -2.09. The fourth-order valence-corrected chi connectivity index (χ4v) is 1.60. The minimum atomic E-state index is -0.881. The standard InChI is InChI=1S/C13H10F2N2O/c1-7-5-11(8(2)17-16-7)13(18)10-4-3-9(14)6-12(10)15/h3-6H,1-2H3. The van der Waals surface area contributed by atoms with E-state index in [2.05, 4.69) is 10.2 Å². The molecule has 0 bridgehead atoms. The molecule has 0 saturated heterocycles. The minimum Gasteiger partial charge on any atom is -0.288 e. The maximum absolute atomic E-state index is 13.5. The van der Waals surface area contributed by atoms with Crippen molar-refractivity contribution in [3.63, 3.8) is 0 Å². The first-order valence-corrected chi connectivity index (χ1v) is 5.29. The summed E-state index contributed by atoms with van der Waals surface area (Å²) in [5, 5.41) is 7.60. The lowest BCUT2D eigenvalue weighted by Gasteiger charge is -2.05. The second-order valence-electron chi connectivity index (χ2n) is 3.94. The fourth-order valence-electron chi connectivity index (χ4n) is 1.60. The van der Waals surface area contributed by atoms with E-state index in [4.69, 9.17) is 0 Å². The van der Waals surface area contributed by atoms with E-state index in [1.165, 1.54) is 6.07 Å². The highest BCUT2D eigenvalue weighted by Gasteiger charge is 2.17. The zero-order valence-corrected chi connectivity index (χ0v) is 9.87. The van der Waals surface area contributed by atoms with Crippen LogP contribution in [0.3, 0.4) is 0 Å². The van der Waals surface area contributed by atoms with Gasteiger partial charge in [0.15, 0.2) is 5.78 Å². The molecule has 0 N–H and O–H groups in total. The maximum Gasteiger partial charge on any atom is 0.197 e. The Hall–Kier alpha value is -2.17. The van der Waals surface area contributed by atoms with Crippen LogP contribution in [0.25, 0.3) is 0 Å². The van der Waals surface area contributed by atoms with E-state index < -0.39 is 17.4 Å². The van der Waals surface area contributed by atoms with Crippen LogP contribution in [0, 0.1) is 25.5 Å². The molecule has 0 aliphatic carbocycles. The number of ketones is 1. The van der Waals surface area contributed by atoms with Crippen LogP contribution in [-0.4, -0.2) is 16.0 Å². The summed E-state index contributed by atoms with van der Waals surface area (Å²) in [7, 11) is 0. The number of rotatable bonds is 2. The Balaban J connectivity index is 2.51. The van der Waals surface area contributed by atoms with Gasteiger partial charge in [0.2, 0.25) is 0 Å². The number of carbonyl (C=O) groups excluding carboxylic acids is 1. The van der Waals surface area contributed by atoms with Gasteiger partial charge in [0.1, 0.15) is 11.6 Å². The summed E-state index contributed by atoms with van der Waals surface area (Å²) in [5.74, 6) is -2.12. The van der Waals surface area contributed by atoms with Gasteiger partial charge in [-0.05, 0) is 32.0 Å². The van der Waals surface area contributed by atoms with Crippen LogP contribution >= 0.6 is 0 Å². The number of nitrogens with zero attached hydrogens (tertiary/aromatic N) is 2. The van der Waals surface area contributed by atoms with Crippen molar-refractivity contribution < 1.29 is 13.6 Å². The summed E-state index contributed by atoms with van der Waals surface area (Å²) in [4.78, 5) is 12.1. The predicted molar refractivity (Wildman–Crippen MR) is 61.3 cm³/mol. The Kier molecular flexibility index (Phi) is 3.14. The third-order valence-corrected chi connectivity index (χ3v) is 2.52. The van der Waals surface area contributed by atoms with Crippen LogP contribution in [-0.2, 0) is 0 Å². The lowest BCUT2D eigenvalue weighted by molar-refractivity contribution is 0.103. The molecular weight excluding hydrogens is 238 g/mol. The molecule has 0 aliphatic heterocycles. The number of benzene rings is 1. The van der Waals surface area contributed by atoms with E-state index in [1.807, 2.05) is 0 Å². The van der Waals surface area contributed by atoms with E-state index in [1.54, 1.807) is 13.8 Å². The van der Waals surface area contributed by atoms with Gasteiger partial charge in [-0.3, -0.25) is 4.79 Å². The Morgan fingerprint density at radius 2 is 1.78 bits per heavy atom. The Morgan fingerprint density at radius 1 is 1.06 bits per heavy atom. The highest BCUT2D eigenvalue weighted by molar-refractivity contribution is 6.09. The third kappa shape index (κ3) is 2.25. The first-order valence-electron chi connectivity index (χ1n) is 5.29. The topological polar surface area (TPSA) is 42.9 Å². The summed E-state index contributed by atoms with van der Waals surface area (Å²) < 4.78 is 26.3. The molecule has 0 unspecified atom stereocenters. The molecule has 1 heterocycles. The molecule has 1 aromatic heterocycles. The van der Waals surface area contributed by atoms with Crippen LogP contribution in [0.5, 0.6) is 0 Å². The smallest absolute Gasteiger partial charge is 0.197 e. The second-order valence-corrected chi connectivity index (χ2v) is 3.94. The molecule has 18 heavy (non-hydrogen) atoms. The molecule has 1 aromatic carbocycles. The average Bonchev–Trinajstić information content (AvgIpc) is 2.31. The van der Waals surface area contributed by atoms with Crippen LogP contribution in [0.4, 0.5) is 8.78 Å². The van der Waals surface area contributed by atoms with Gasteiger partial charge >= 0.3 is 0 Å². The van der Waals surface area contributed by atoms with Gasteiger partial charge < -0.3 is 0 Å². The van der Waals surface area contributed by atoms with Gasteiger partial charge in [0.25, 0.3) is 0 Å². The van der Waals surface area contributed by atoms with Crippen molar-refractivity contribution in [2.75, 3.05) is 0 Å². The van der Waals surface area contributed by atoms with Crippen LogP contribution in [0.15, 0.2) is 24.3 Å². The quantitative estimate of drug-likeness (QED) is 0.767. The van der Waals surface area contributed by atoms with E-state index >= 15 is 0 Å². The van der Waals surface area contributed by atoms with E-state index in [0.29, 0.717) is 17.5 Å². The molecule has 5 heteroatoms. The number of hydrogen-bond donors (Lipinski definition) is 0. The molecule has 3 nitrogen and oxygen atoms in total. The number of aryl methyl sites for hydroxylation is 2. The molecule has 0 amide bonds. The number of hydrogen-bond acceptors (Lipinski definition) is 3. The Bertz CT molecular complexity index is 626. The molecule has 2 aromatic rings. The number of aromatic nitrogens is 2. The zero-order chi connectivity index (χ0) is 13.3. The van der Waals surface area contributed by atoms with Crippen molar-refractivity contribution in [3.8, 4) is 0 Å². The molecule has 0 atom stereocenters. The zero-order valence-electron chi connectivity index (χ0n) is 9.87. The maximum atomic E-state index is 13.5. The van der Waals surface area contributed by atoms with Crippen molar-refractivity contribution in [2.45, 2.75) is 13.8 Å². The predicted octanol–water partition coefficient (Wildman–Crippen LogP) is 2.60. The molecule has 0 radical (unpaired) electrons. The van der Waals surface area contributed by atoms with Crippen molar-refractivity contribution in [3.05, 3.63) is 58.4 Å². The third-order valence-electron chi connectivity index (χ3n) is 2.52. The largest absolute Gasteiger partial charge is 0.288 e. The highest BCUT2D eigenvalue weighted by Crippen LogP contribution is 2.16. The first kappa shape index (κ1) is 12.3. The molecule has 0 fully saturated rings. The molecular formula is C13H10F2N2O. The van der Waals surface area contributed by atoms with Crippen LogP contribution < -0.4 is 0 Å². The monoisotopic (exact) mass is 248 g/mol. The first-order chi connectivity index (χ1) is 8.49. The van der Waals surface area contributed by atoms with Gasteiger partial charge in [-0.25, -0.2) is 8.78 Å². The van der Waals surface area contributed by atoms with Gasteiger partial charge in [0.05, 0.1) is 17.0 Å². The van der Waals surface area contributed by atoms with E-state index in [0.717, 1.165) is 12.1 Å². The van der Waals surface area contributed by atoms with Gasteiger partial charge in [-0.15, -0.1) is 0 Å². The summed E-state index contributed by atoms with van der Waals surface area (Å²) in [5.41, 5.74) is 1.07. The lowest BCUT2D eigenvalue weighted by atomic mass is 10.0. The summed E-state index contributed by atoms with van der Waals surface area (Å²) in [6, 6.07) is 4.40. The molecule has 2 rings (SSSR count). The minimum absolute atomic E-state index is 0.174. The number of carbonyl (C=O) groups is 1. The van der Waals surface area contributed by atoms with E-state index in [-0.39, 0.29) is 11.1 Å². The highest BCUT2D eigenvalue weighted by atomic mass is 19.1. The van der Waals surface area contributed by atoms with Crippen LogP contribution in [0.2, 0.25) is 0 Å². The Labute approximate surface area is 102 Å². The number of halogens is 2. The molecule has 92 valence electrons. The summed E-state index contributed by atoms with van der Waals surface area (Å²) in [6.07, 6.45) is 0. The molecule has 0 saturated carbocycles. The van der Waals surface area contributed by atoms with Crippen LogP contribution in [0.1, 0.15) is 27.3 Å². The van der Waals surface area contributed by atoms with Crippen molar-refractivity contribution >= 4 is 5.78 Å². The average molecular weight is 248 g/mol. The normalized spacial score (nSPS) is 10.4. The van der Waals surface area contributed by atoms with E-state index in [9.17, 15) is 13.6 Å². The SMILES string of the molecule is Cc1cc(C(=O)c2ccc(F)cc2F)c(C)nn1. The summed E-state index contributed by atoms with van der Waals surface area (Å²) >= 11 is 0.